The second kappa shape index (κ2) is 7.79. The molecule has 2 atom stereocenters. The van der Waals surface area contributed by atoms with Gasteiger partial charge >= 0.3 is 0 Å². The molecular weight excluding hydrogens is 367 g/mol. The minimum atomic E-state index is -0.558. The molecular formula is C23H25FN4O. The van der Waals surface area contributed by atoms with E-state index in [1.165, 1.54) is 0 Å². The second-order valence-corrected chi connectivity index (χ2v) is 7.61. The molecule has 1 aliphatic rings. The summed E-state index contributed by atoms with van der Waals surface area (Å²) in [5.74, 6) is 0.308. The number of nitrogens with two attached hydrogens (primary N) is 1. The molecule has 5 nitrogen and oxygen atoms in total. The van der Waals surface area contributed by atoms with E-state index in [-0.39, 0.29) is 17.6 Å². The molecule has 0 aliphatic carbocycles. The van der Waals surface area contributed by atoms with Crippen LogP contribution in [-0.4, -0.2) is 28.3 Å². The number of carbonyl (C=O) groups is 1. The van der Waals surface area contributed by atoms with Crippen molar-refractivity contribution in [2.24, 2.45) is 5.73 Å². The van der Waals surface area contributed by atoms with Crippen molar-refractivity contribution in [3.63, 3.8) is 0 Å². The van der Waals surface area contributed by atoms with Gasteiger partial charge in [-0.15, -0.1) is 0 Å². The zero-order valence-corrected chi connectivity index (χ0v) is 16.7. The van der Waals surface area contributed by atoms with E-state index in [0.717, 1.165) is 35.6 Å². The van der Waals surface area contributed by atoms with Gasteiger partial charge in [-0.1, -0.05) is 49.4 Å². The van der Waals surface area contributed by atoms with Crippen LogP contribution < -0.4 is 10.6 Å². The molecule has 1 aromatic heterocycles. The van der Waals surface area contributed by atoms with E-state index >= 15 is 0 Å². The van der Waals surface area contributed by atoms with Crippen LogP contribution in [0, 0.1) is 5.82 Å². The first-order valence-corrected chi connectivity index (χ1v) is 9.95. The summed E-state index contributed by atoms with van der Waals surface area (Å²) in [5.41, 5.74) is 8.90. The third-order valence-corrected chi connectivity index (χ3v) is 5.48. The molecule has 2 aromatic carbocycles. The van der Waals surface area contributed by atoms with Gasteiger partial charge < -0.3 is 5.73 Å². The molecule has 0 bridgehead atoms. The molecule has 1 unspecified atom stereocenters. The average molecular weight is 392 g/mol. The Hall–Kier alpha value is -2.99. The van der Waals surface area contributed by atoms with Crippen molar-refractivity contribution in [3.8, 4) is 11.1 Å². The predicted molar refractivity (Wildman–Crippen MR) is 112 cm³/mol. The molecule has 0 saturated heterocycles. The van der Waals surface area contributed by atoms with E-state index in [4.69, 9.17) is 5.73 Å². The first-order valence-electron chi connectivity index (χ1n) is 9.95. The van der Waals surface area contributed by atoms with E-state index in [1.807, 2.05) is 60.1 Å². The van der Waals surface area contributed by atoms with Gasteiger partial charge in [-0.25, -0.2) is 9.07 Å². The maximum Gasteiger partial charge on any atom is 0.244 e. The van der Waals surface area contributed by atoms with Crippen molar-refractivity contribution >= 4 is 11.7 Å². The van der Waals surface area contributed by atoms with Crippen LogP contribution in [0.25, 0.3) is 11.1 Å². The van der Waals surface area contributed by atoms with Crippen molar-refractivity contribution in [3.05, 3.63) is 71.7 Å². The lowest BCUT2D eigenvalue weighted by atomic mass is 9.95. The second-order valence-electron chi connectivity index (χ2n) is 7.61. The zero-order valence-electron chi connectivity index (χ0n) is 16.7. The first-order chi connectivity index (χ1) is 14.0. The maximum absolute atomic E-state index is 14.8. The topological polar surface area (TPSA) is 64.2 Å². The fourth-order valence-corrected chi connectivity index (χ4v) is 3.80. The molecule has 6 heteroatoms. The van der Waals surface area contributed by atoms with Gasteiger partial charge in [0.05, 0.1) is 11.7 Å². The molecule has 1 amide bonds. The van der Waals surface area contributed by atoms with Crippen LogP contribution >= 0.6 is 0 Å². The fourth-order valence-electron chi connectivity index (χ4n) is 3.80. The molecule has 4 rings (SSSR count). The smallest absolute Gasteiger partial charge is 0.244 e. The molecule has 150 valence electrons. The highest BCUT2D eigenvalue weighted by molar-refractivity contribution is 5.96. The molecule has 29 heavy (non-hydrogen) atoms. The van der Waals surface area contributed by atoms with Crippen molar-refractivity contribution in [2.75, 3.05) is 11.4 Å². The molecule has 0 fully saturated rings. The van der Waals surface area contributed by atoms with Crippen LogP contribution in [0.5, 0.6) is 0 Å². The number of benzene rings is 2. The third-order valence-electron chi connectivity index (χ3n) is 5.48. The van der Waals surface area contributed by atoms with Crippen LogP contribution in [0.3, 0.4) is 0 Å². The highest BCUT2D eigenvalue weighted by Gasteiger charge is 2.27. The molecule has 0 saturated carbocycles. The Balaban J connectivity index is 1.63. The summed E-state index contributed by atoms with van der Waals surface area (Å²) in [6.07, 6.45) is 0.835. The number of amides is 1. The van der Waals surface area contributed by atoms with Crippen LogP contribution in [0.2, 0.25) is 0 Å². The minimum absolute atomic E-state index is 0.0975. The molecule has 3 aromatic rings. The quantitative estimate of drug-likeness (QED) is 0.732. The van der Waals surface area contributed by atoms with Crippen LogP contribution in [0.4, 0.5) is 10.2 Å². The van der Waals surface area contributed by atoms with Crippen LogP contribution in [-0.2, 0) is 11.3 Å². The van der Waals surface area contributed by atoms with Gasteiger partial charge in [0.25, 0.3) is 0 Å². The van der Waals surface area contributed by atoms with Crippen LogP contribution in [0.1, 0.15) is 37.4 Å². The minimum Gasteiger partial charge on any atom is -0.320 e. The van der Waals surface area contributed by atoms with Gasteiger partial charge in [0.15, 0.2) is 0 Å². The number of hydrogen-bond donors (Lipinski definition) is 1. The number of anilines is 1. The van der Waals surface area contributed by atoms with Gasteiger partial charge in [-0.3, -0.25) is 9.69 Å². The molecule has 1 aliphatic heterocycles. The summed E-state index contributed by atoms with van der Waals surface area (Å²) in [4.78, 5) is 14.1. The Morgan fingerprint density at radius 2 is 1.86 bits per heavy atom. The van der Waals surface area contributed by atoms with Gasteiger partial charge in [0.1, 0.15) is 11.6 Å². The number of aromatic nitrogens is 2. The molecule has 0 spiro atoms. The summed E-state index contributed by atoms with van der Waals surface area (Å²) in [7, 11) is 0. The van der Waals surface area contributed by atoms with E-state index in [2.05, 4.69) is 5.10 Å². The zero-order chi connectivity index (χ0) is 20.5. The lowest BCUT2D eigenvalue weighted by Gasteiger charge is -2.28. The Bertz CT molecular complexity index is 1030. The highest BCUT2D eigenvalue weighted by atomic mass is 19.1. The van der Waals surface area contributed by atoms with Crippen molar-refractivity contribution in [1.82, 2.24) is 9.78 Å². The Kier molecular flexibility index (Phi) is 5.20. The summed E-state index contributed by atoms with van der Waals surface area (Å²) in [6.45, 7) is 5.09. The number of carbonyl (C=O) groups excluding carboxylic acids is 1. The van der Waals surface area contributed by atoms with E-state index in [9.17, 15) is 9.18 Å². The summed E-state index contributed by atoms with van der Waals surface area (Å²) in [6, 6.07) is 16.2. The van der Waals surface area contributed by atoms with Gasteiger partial charge in [-0.05, 0) is 30.5 Å². The summed E-state index contributed by atoms with van der Waals surface area (Å²) >= 11 is 0. The van der Waals surface area contributed by atoms with Gasteiger partial charge in [-0.2, -0.15) is 5.10 Å². The number of halogens is 1. The number of rotatable bonds is 4. The molecule has 0 radical (unpaired) electrons. The van der Waals surface area contributed by atoms with Crippen molar-refractivity contribution in [1.29, 1.82) is 0 Å². The number of fused-ring (bicyclic) bond motifs is 1. The normalized spacial score (nSPS) is 15.7. The van der Waals surface area contributed by atoms with E-state index < -0.39 is 6.04 Å². The highest BCUT2D eigenvalue weighted by Crippen LogP contribution is 2.32. The molecule has 2 N–H and O–H groups in total. The lowest BCUT2D eigenvalue weighted by Crippen LogP contribution is -2.45. The SMILES string of the molecule is CC(c1ccc(-c2ccccc2)c(F)c1)c1cc2n(n1)CCCN2C(=O)[C@@H](C)N. The largest absolute Gasteiger partial charge is 0.320 e. The van der Waals surface area contributed by atoms with E-state index in [1.54, 1.807) is 17.9 Å². The molecule has 2 heterocycles. The van der Waals surface area contributed by atoms with Crippen LogP contribution in [0.15, 0.2) is 54.6 Å². The fraction of sp³-hybridized carbons (Fsp3) is 0.304. The number of aryl methyl sites for hydroxylation is 1. The van der Waals surface area contributed by atoms with Gasteiger partial charge in [0, 0.05) is 30.6 Å². The Morgan fingerprint density at radius 3 is 2.55 bits per heavy atom. The summed E-state index contributed by atoms with van der Waals surface area (Å²) < 4.78 is 16.7. The average Bonchev–Trinajstić information content (AvgIpc) is 3.17. The third kappa shape index (κ3) is 3.68. The predicted octanol–water partition coefficient (Wildman–Crippen LogP) is 3.92. The lowest BCUT2D eigenvalue weighted by molar-refractivity contribution is -0.119. The monoisotopic (exact) mass is 392 g/mol. The first kappa shape index (κ1) is 19.3. The van der Waals surface area contributed by atoms with Gasteiger partial charge in [0.2, 0.25) is 5.91 Å². The Labute approximate surface area is 169 Å². The Morgan fingerprint density at radius 1 is 1.10 bits per heavy atom. The number of nitrogens with zero attached hydrogens (tertiary/aromatic N) is 3. The van der Waals surface area contributed by atoms with Crippen molar-refractivity contribution < 1.29 is 9.18 Å². The van der Waals surface area contributed by atoms with Crippen molar-refractivity contribution in [2.45, 2.75) is 38.8 Å². The number of hydrogen-bond acceptors (Lipinski definition) is 3. The summed E-state index contributed by atoms with van der Waals surface area (Å²) in [5, 5.41) is 4.69. The maximum atomic E-state index is 14.8. The standard InChI is InChI=1S/C23H25FN4O/c1-15(18-9-10-19(20(24)13-18)17-7-4-3-5-8-17)21-14-22-27(23(29)16(2)25)11-6-12-28(22)26-21/h3-5,7-10,13-16H,6,11-12,25H2,1-2H3/t15?,16-/m1/s1. The van der Waals surface area contributed by atoms with E-state index in [0.29, 0.717) is 12.1 Å².